The zero-order chi connectivity index (χ0) is 13.4. The Balaban J connectivity index is 1.78. The molecule has 1 saturated carbocycles. The minimum atomic E-state index is -0.191. The number of rotatable bonds is 1. The van der Waals surface area contributed by atoms with Crippen LogP contribution in [0.5, 0.6) is 0 Å². The average molecular weight is 264 g/mol. The largest absolute Gasteiger partial charge is 0.393 e. The molecule has 2 aliphatic rings. The predicted octanol–water partition coefficient (Wildman–Crippen LogP) is 1.75. The van der Waals surface area contributed by atoms with E-state index in [9.17, 15) is 9.90 Å². The van der Waals surface area contributed by atoms with E-state index in [0.29, 0.717) is 11.7 Å². The zero-order valence-corrected chi connectivity index (χ0v) is 11.2. The van der Waals surface area contributed by atoms with Gasteiger partial charge in [0.25, 0.3) is 5.91 Å². The normalized spacial score (nSPS) is 31.1. The van der Waals surface area contributed by atoms with Crippen LogP contribution >= 0.6 is 0 Å². The highest BCUT2D eigenvalue weighted by atomic mass is 16.5. The molecular weight excluding hydrogens is 244 g/mol. The number of hydrogen-bond acceptors (Lipinski definition) is 4. The van der Waals surface area contributed by atoms with Gasteiger partial charge in [0, 0.05) is 18.7 Å². The van der Waals surface area contributed by atoms with Crippen LogP contribution in [0.15, 0.2) is 10.6 Å². The zero-order valence-electron chi connectivity index (χ0n) is 11.2. The Morgan fingerprint density at radius 3 is 3.05 bits per heavy atom. The van der Waals surface area contributed by atoms with E-state index in [1.807, 2.05) is 11.8 Å². The number of aliphatic hydroxyl groups is 1. The van der Waals surface area contributed by atoms with Gasteiger partial charge in [-0.15, -0.1) is 0 Å². The lowest BCUT2D eigenvalue weighted by Gasteiger charge is -2.44. The molecule has 0 spiro atoms. The maximum atomic E-state index is 12.5. The summed E-state index contributed by atoms with van der Waals surface area (Å²) in [6, 6.07) is 1.96. The summed E-state index contributed by atoms with van der Waals surface area (Å²) >= 11 is 0. The monoisotopic (exact) mass is 264 g/mol. The lowest BCUT2D eigenvalue weighted by molar-refractivity contribution is 0.00530. The molecule has 2 fully saturated rings. The van der Waals surface area contributed by atoms with Crippen molar-refractivity contribution >= 4 is 5.91 Å². The van der Waals surface area contributed by atoms with E-state index in [2.05, 4.69) is 5.16 Å². The second kappa shape index (κ2) is 4.96. The maximum absolute atomic E-state index is 12.5. The van der Waals surface area contributed by atoms with E-state index in [4.69, 9.17) is 4.52 Å². The molecule has 0 radical (unpaired) electrons. The number of aryl methyl sites for hydroxylation is 1. The molecule has 104 valence electrons. The van der Waals surface area contributed by atoms with Gasteiger partial charge < -0.3 is 14.5 Å². The fraction of sp³-hybridized carbons (Fsp3) is 0.714. The SMILES string of the molecule is Cc1cc(C(=O)N2CCCC3CC(O)CCC32)on1. The van der Waals surface area contributed by atoms with Gasteiger partial charge in [-0.05, 0) is 44.9 Å². The number of nitrogens with zero attached hydrogens (tertiary/aromatic N) is 2. The van der Waals surface area contributed by atoms with Gasteiger partial charge in [-0.2, -0.15) is 0 Å². The molecule has 2 heterocycles. The molecule has 1 aliphatic carbocycles. The van der Waals surface area contributed by atoms with Gasteiger partial charge in [-0.1, -0.05) is 5.16 Å². The first-order valence-corrected chi connectivity index (χ1v) is 7.07. The summed E-state index contributed by atoms with van der Waals surface area (Å²) in [4.78, 5) is 14.4. The van der Waals surface area contributed by atoms with Crippen molar-refractivity contribution in [2.75, 3.05) is 6.54 Å². The number of piperidine rings is 1. The van der Waals surface area contributed by atoms with Crippen molar-refractivity contribution in [1.82, 2.24) is 10.1 Å². The molecule has 1 saturated heterocycles. The Bertz CT molecular complexity index is 471. The van der Waals surface area contributed by atoms with Crippen molar-refractivity contribution in [1.29, 1.82) is 0 Å². The Hall–Kier alpha value is -1.36. The van der Waals surface area contributed by atoms with Gasteiger partial charge in [-0.3, -0.25) is 4.79 Å². The average Bonchev–Trinajstić information content (AvgIpc) is 2.83. The molecule has 5 heteroatoms. The van der Waals surface area contributed by atoms with E-state index in [0.717, 1.165) is 44.3 Å². The summed E-state index contributed by atoms with van der Waals surface area (Å²) in [5, 5.41) is 13.5. The van der Waals surface area contributed by atoms with Crippen LogP contribution in [0, 0.1) is 12.8 Å². The third-order valence-electron chi connectivity index (χ3n) is 4.39. The highest BCUT2D eigenvalue weighted by Gasteiger charge is 2.39. The van der Waals surface area contributed by atoms with Crippen LogP contribution in [0.3, 0.4) is 0 Å². The first-order valence-electron chi connectivity index (χ1n) is 7.07. The number of carbonyl (C=O) groups excluding carboxylic acids is 1. The Morgan fingerprint density at radius 2 is 2.32 bits per heavy atom. The number of aromatic nitrogens is 1. The van der Waals surface area contributed by atoms with Crippen LogP contribution in [-0.2, 0) is 0 Å². The van der Waals surface area contributed by atoms with Crippen LogP contribution in [0.25, 0.3) is 0 Å². The highest BCUT2D eigenvalue weighted by Crippen LogP contribution is 2.36. The molecule has 3 atom stereocenters. The van der Waals surface area contributed by atoms with Gasteiger partial charge in [0.05, 0.1) is 11.8 Å². The third-order valence-corrected chi connectivity index (χ3v) is 4.39. The first-order chi connectivity index (χ1) is 9.15. The van der Waals surface area contributed by atoms with Crippen LogP contribution in [0.4, 0.5) is 0 Å². The van der Waals surface area contributed by atoms with Gasteiger partial charge in [0.2, 0.25) is 5.76 Å². The van der Waals surface area contributed by atoms with E-state index in [1.165, 1.54) is 0 Å². The van der Waals surface area contributed by atoms with Crippen molar-refractivity contribution in [2.45, 2.75) is 51.2 Å². The van der Waals surface area contributed by atoms with Crippen LogP contribution < -0.4 is 0 Å². The molecule has 0 aromatic carbocycles. The van der Waals surface area contributed by atoms with E-state index in [-0.39, 0.29) is 18.1 Å². The molecule has 3 rings (SSSR count). The smallest absolute Gasteiger partial charge is 0.292 e. The minimum Gasteiger partial charge on any atom is -0.393 e. The Morgan fingerprint density at radius 1 is 1.47 bits per heavy atom. The predicted molar refractivity (Wildman–Crippen MR) is 68.6 cm³/mol. The maximum Gasteiger partial charge on any atom is 0.292 e. The summed E-state index contributed by atoms with van der Waals surface area (Å²) < 4.78 is 5.09. The van der Waals surface area contributed by atoms with Crippen LogP contribution in [-0.4, -0.2) is 39.8 Å². The molecule has 19 heavy (non-hydrogen) atoms. The summed E-state index contributed by atoms with van der Waals surface area (Å²) in [6.07, 6.45) is 4.44. The van der Waals surface area contributed by atoms with Gasteiger partial charge in [0.15, 0.2) is 0 Å². The number of likely N-dealkylation sites (tertiary alicyclic amines) is 1. The van der Waals surface area contributed by atoms with Crippen molar-refractivity contribution in [2.24, 2.45) is 5.92 Å². The molecular formula is C14H20N2O3. The van der Waals surface area contributed by atoms with E-state index < -0.39 is 0 Å². The molecule has 1 aromatic rings. The molecule has 3 unspecified atom stereocenters. The summed E-state index contributed by atoms with van der Waals surface area (Å²) in [5.41, 5.74) is 0.732. The molecule has 1 amide bonds. The second-order valence-corrected chi connectivity index (χ2v) is 5.77. The Kier molecular flexibility index (Phi) is 3.31. The van der Waals surface area contributed by atoms with Gasteiger partial charge in [0.1, 0.15) is 0 Å². The van der Waals surface area contributed by atoms with Crippen molar-refractivity contribution < 1.29 is 14.4 Å². The first kappa shape index (κ1) is 12.7. The van der Waals surface area contributed by atoms with Crippen LogP contribution in [0.1, 0.15) is 48.4 Å². The molecule has 5 nitrogen and oxygen atoms in total. The molecule has 0 bridgehead atoms. The highest BCUT2D eigenvalue weighted by molar-refractivity contribution is 5.91. The quantitative estimate of drug-likeness (QED) is 0.839. The van der Waals surface area contributed by atoms with Gasteiger partial charge in [-0.25, -0.2) is 0 Å². The summed E-state index contributed by atoms with van der Waals surface area (Å²) in [7, 11) is 0. The molecule has 1 aliphatic heterocycles. The van der Waals surface area contributed by atoms with E-state index >= 15 is 0 Å². The summed E-state index contributed by atoms with van der Waals surface area (Å²) in [5.74, 6) is 0.724. The fourth-order valence-corrected chi connectivity index (χ4v) is 3.49. The lowest BCUT2D eigenvalue weighted by Crippen LogP contribution is -2.51. The molecule has 1 N–H and O–H groups in total. The fourth-order valence-electron chi connectivity index (χ4n) is 3.49. The third kappa shape index (κ3) is 2.39. The minimum absolute atomic E-state index is 0.0494. The number of fused-ring (bicyclic) bond motifs is 1. The topological polar surface area (TPSA) is 66.6 Å². The second-order valence-electron chi connectivity index (χ2n) is 5.77. The number of carbonyl (C=O) groups is 1. The number of aliphatic hydroxyl groups excluding tert-OH is 1. The molecule has 1 aromatic heterocycles. The summed E-state index contributed by atoms with van der Waals surface area (Å²) in [6.45, 7) is 2.60. The standard InChI is InChI=1S/C14H20N2O3/c1-9-7-13(19-15-9)14(18)16-6-2-3-10-8-11(17)4-5-12(10)16/h7,10-12,17H,2-6,8H2,1H3. The Labute approximate surface area is 112 Å². The van der Waals surface area contributed by atoms with Crippen molar-refractivity contribution in [3.8, 4) is 0 Å². The van der Waals surface area contributed by atoms with Crippen molar-refractivity contribution in [3.63, 3.8) is 0 Å². The lowest BCUT2D eigenvalue weighted by atomic mass is 9.77. The van der Waals surface area contributed by atoms with E-state index in [1.54, 1.807) is 6.07 Å². The number of amides is 1. The van der Waals surface area contributed by atoms with Crippen LogP contribution in [0.2, 0.25) is 0 Å². The number of hydrogen-bond donors (Lipinski definition) is 1. The van der Waals surface area contributed by atoms with Crippen molar-refractivity contribution in [3.05, 3.63) is 17.5 Å². The van der Waals surface area contributed by atoms with Gasteiger partial charge >= 0.3 is 0 Å².